The first-order chi connectivity index (χ1) is 10.2. The quantitative estimate of drug-likeness (QED) is 0.776. The number of amides is 1. The predicted octanol–water partition coefficient (Wildman–Crippen LogP) is 1.29. The highest BCUT2D eigenvalue weighted by Gasteiger charge is 2.21. The van der Waals surface area contributed by atoms with Crippen LogP contribution >= 0.6 is 0 Å². The molecular formula is C16H24N2O3. The highest BCUT2D eigenvalue weighted by molar-refractivity contribution is 5.81. The molecule has 1 saturated heterocycles. The molecule has 2 rings (SSSR count). The Labute approximate surface area is 126 Å². The molecular weight excluding hydrogens is 268 g/mol. The summed E-state index contributed by atoms with van der Waals surface area (Å²) in [4.78, 5) is 11.9. The third kappa shape index (κ3) is 4.72. The van der Waals surface area contributed by atoms with E-state index in [-0.39, 0.29) is 12.0 Å². The number of ether oxygens (including phenoxy) is 2. The van der Waals surface area contributed by atoms with Crippen LogP contribution in [0, 0.1) is 0 Å². The minimum Gasteiger partial charge on any atom is -0.491 e. The van der Waals surface area contributed by atoms with Gasteiger partial charge in [-0.2, -0.15) is 0 Å². The lowest BCUT2D eigenvalue weighted by atomic mass is 10.0. The summed E-state index contributed by atoms with van der Waals surface area (Å²) in [6, 6.07) is 8.00. The molecule has 1 aromatic rings. The molecule has 1 fully saturated rings. The van der Waals surface area contributed by atoms with Crippen LogP contribution in [0.3, 0.4) is 0 Å². The van der Waals surface area contributed by atoms with Crippen molar-refractivity contribution in [1.29, 1.82) is 0 Å². The molecule has 116 valence electrons. The van der Waals surface area contributed by atoms with E-state index >= 15 is 0 Å². The maximum absolute atomic E-state index is 11.9. The summed E-state index contributed by atoms with van der Waals surface area (Å²) in [5, 5.41) is 5.98. The Morgan fingerprint density at radius 3 is 3.00 bits per heavy atom. The average Bonchev–Trinajstić information content (AvgIpc) is 2.52. The van der Waals surface area contributed by atoms with E-state index in [1.54, 1.807) is 0 Å². The van der Waals surface area contributed by atoms with Gasteiger partial charge in [-0.3, -0.25) is 4.79 Å². The van der Waals surface area contributed by atoms with Gasteiger partial charge in [0, 0.05) is 13.1 Å². The molecule has 1 aliphatic heterocycles. The highest BCUT2D eigenvalue weighted by Crippen LogP contribution is 2.25. The van der Waals surface area contributed by atoms with Crippen LogP contribution in [0.5, 0.6) is 5.75 Å². The minimum atomic E-state index is -0.387. The van der Waals surface area contributed by atoms with Crippen molar-refractivity contribution in [2.24, 2.45) is 0 Å². The Hall–Kier alpha value is -1.59. The van der Waals surface area contributed by atoms with Crippen LogP contribution in [0.25, 0.3) is 0 Å². The molecule has 0 spiro atoms. The van der Waals surface area contributed by atoms with E-state index in [1.807, 2.05) is 18.2 Å². The number of nitrogens with one attached hydrogen (secondary N) is 2. The van der Waals surface area contributed by atoms with Gasteiger partial charge in [-0.25, -0.2) is 0 Å². The molecule has 1 unspecified atom stereocenters. The number of hydrogen-bond acceptors (Lipinski definition) is 4. The van der Waals surface area contributed by atoms with Crippen molar-refractivity contribution in [2.45, 2.75) is 25.9 Å². The van der Waals surface area contributed by atoms with E-state index in [4.69, 9.17) is 9.47 Å². The topological polar surface area (TPSA) is 59.6 Å². The molecule has 1 atom stereocenters. The Morgan fingerprint density at radius 2 is 2.29 bits per heavy atom. The molecule has 0 saturated carbocycles. The Bertz CT molecular complexity index is 457. The molecule has 21 heavy (non-hydrogen) atoms. The van der Waals surface area contributed by atoms with Crippen LogP contribution in [-0.2, 0) is 9.53 Å². The zero-order valence-electron chi connectivity index (χ0n) is 12.7. The van der Waals surface area contributed by atoms with Gasteiger partial charge in [0.05, 0.1) is 13.2 Å². The van der Waals surface area contributed by atoms with Crippen LogP contribution in [0.4, 0.5) is 0 Å². The van der Waals surface area contributed by atoms with Crippen molar-refractivity contribution in [2.75, 3.05) is 32.8 Å². The van der Waals surface area contributed by atoms with E-state index in [0.717, 1.165) is 12.3 Å². The van der Waals surface area contributed by atoms with Crippen molar-refractivity contribution in [3.8, 4) is 5.75 Å². The monoisotopic (exact) mass is 292 g/mol. The van der Waals surface area contributed by atoms with Crippen LogP contribution in [0.2, 0.25) is 0 Å². The van der Waals surface area contributed by atoms with Gasteiger partial charge in [0.15, 0.2) is 0 Å². The number of para-hydroxylation sites is 1. The summed E-state index contributed by atoms with van der Waals surface area (Å²) in [6.07, 6.45) is -0.387. The SMILES string of the molecule is CC(C)c1ccccc1OCCNC(=O)C1CNCCO1. The molecule has 1 heterocycles. The lowest BCUT2D eigenvalue weighted by molar-refractivity contribution is -0.134. The standard InChI is InChI=1S/C16H24N2O3/c1-12(2)13-5-3-4-6-14(13)20-10-8-18-16(19)15-11-17-7-9-21-15/h3-6,12,15,17H,7-11H2,1-2H3,(H,18,19). The zero-order chi connectivity index (χ0) is 15.1. The Balaban J connectivity index is 1.73. The number of rotatable bonds is 6. The number of carbonyl (C=O) groups is 1. The van der Waals surface area contributed by atoms with Gasteiger partial charge in [-0.05, 0) is 17.5 Å². The maximum Gasteiger partial charge on any atom is 0.250 e. The van der Waals surface area contributed by atoms with Crippen molar-refractivity contribution in [3.63, 3.8) is 0 Å². The fourth-order valence-electron chi connectivity index (χ4n) is 2.27. The Kier molecular flexibility index (Phi) is 6.02. The van der Waals surface area contributed by atoms with Crippen LogP contribution in [0.15, 0.2) is 24.3 Å². The van der Waals surface area contributed by atoms with E-state index in [9.17, 15) is 4.79 Å². The molecule has 1 aromatic carbocycles. The number of benzene rings is 1. The van der Waals surface area contributed by atoms with Gasteiger partial charge in [0.2, 0.25) is 0 Å². The summed E-state index contributed by atoms with van der Waals surface area (Å²) in [5.41, 5.74) is 1.18. The third-order valence-electron chi connectivity index (χ3n) is 3.42. The highest BCUT2D eigenvalue weighted by atomic mass is 16.5. The molecule has 2 N–H and O–H groups in total. The second kappa shape index (κ2) is 8.00. The molecule has 0 radical (unpaired) electrons. The van der Waals surface area contributed by atoms with Gasteiger partial charge in [0.25, 0.3) is 5.91 Å². The van der Waals surface area contributed by atoms with Crippen molar-refractivity contribution in [3.05, 3.63) is 29.8 Å². The van der Waals surface area contributed by atoms with Gasteiger partial charge >= 0.3 is 0 Å². The fourth-order valence-corrected chi connectivity index (χ4v) is 2.27. The largest absolute Gasteiger partial charge is 0.491 e. The average molecular weight is 292 g/mol. The van der Waals surface area contributed by atoms with E-state index in [0.29, 0.717) is 32.2 Å². The molecule has 0 aliphatic carbocycles. The minimum absolute atomic E-state index is 0.0806. The third-order valence-corrected chi connectivity index (χ3v) is 3.42. The van der Waals surface area contributed by atoms with Gasteiger partial charge in [-0.1, -0.05) is 32.0 Å². The molecule has 0 bridgehead atoms. The second-order valence-corrected chi connectivity index (χ2v) is 5.40. The number of morpholine rings is 1. The lowest BCUT2D eigenvalue weighted by Crippen LogP contribution is -2.48. The van der Waals surface area contributed by atoms with Crippen molar-refractivity contribution < 1.29 is 14.3 Å². The lowest BCUT2D eigenvalue weighted by Gasteiger charge is -2.22. The first-order valence-electron chi connectivity index (χ1n) is 7.50. The smallest absolute Gasteiger partial charge is 0.250 e. The van der Waals surface area contributed by atoms with Crippen LogP contribution < -0.4 is 15.4 Å². The molecule has 0 aromatic heterocycles. The summed E-state index contributed by atoms with van der Waals surface area (Å²) in [7, 11) is 0. The van der Waals surface area contributed by atoms with Crippen LogP contribution in [-0.4, -0.2) is 44.9 Å². The summed E-state index contributed by atoms with van der Waals surface area (Å²) in [6.45, 7) is 7.16. The van der Waals surface area contributed by atoms with E-state index in [2.05, 4.69) is 30.5 Å². The molecule has 5 nitrogen and oxygen atoms in total. The number of carbonyl (C=O) groups excluding carboxylic acids is 1. The van der Waals surface area contributed by atoms with Crippen molar-refractivity contribution in [1.82, 2.24) is 10.6 Å². The second-order valence-electron chi connectivity index (χ2n) is 5.40. The fraction of sp³-hybridized carbons (Fsp3) is 0.562. The van der Waals surface area contributed by atoms with Gasteiger partial charge in [0.1, 0.15) is 18.5 Å². The summed E-state index contributed by atoms with van der Waals surface area (Å²) in [5.74, 6) is 1.22. The van der Waals surface area contributed by atoms with Gasteiger partial charge in [-0.15, -0.1) is 0 Å². The van der Waals surface area contributed by atoms with Crippen molar-refractivity contribution >= 4 is 5.91 Å². The predicted molar refractivity (Wildman–Crippen MR) is 81.6 cm³/mol. The zero-order valence-corrected chi connectivity index (χ0v) is 12.7. The van der Waals surface area contributed by atoms with Gasteiger partial charge < -0.3 is 20.1 Å². The molecule has 5 heteroatoms. The summed E-state index contributed by atoms with van der Waals surface area (Å²) < 4.78 is 11.2. The normalized spacial score (nSPS) is 18.5. The molecule has 1 amide bonds. The van der Waals surface area contributed by atoms with E-state index < -0.39 is 0 Å². The Morgan fingerprint density at radius 1 is 1.48 bits per heavy atom. The number of hydrogen-bond donors (Lipinski definition) is 2. The van der Waals surface area contributed by atoms with Crippen LogP contribution in [0.1, 0.15) is 25.3 Å². The first-order valence-corrected chi connectivity index (χ1v) is 7.50. The molecule has 1 aliphatic rings. The maximum atomic E-state index is 11.9. The van der Waals surface area contributed by atoms with E-state index in [1.165, 1.54) is 5.56 Å². The summed E-state index contributed by atoms with van der Waals surface area (Å²) >= 11 is 0. The first kappa shape index (κ1) is 15.8.